The van der Waals surface area contributed by atoms with Crippen LogP contribution in [0.3, 0.4) is 0 Å². The van der Waals surface area contributed by atoms with E-state index in [1.807, 2.05) is 0 Å². The van der Waals surface area contributed by atoms with Gasteiger partial charge in [0.2, 0.25) is 10.0 Å². The van der Waals surface area contributed by atoms with E-state index in [1.54, 1.807) is 0 Å². The summed E-state index contributed by atoms with van der Waals surface area (Å²) in [6, 6.07) is 3.40. The van der Waals surface area contributed by atoms with E-state index in [0.717, 1.165) is 25.0 Å². The predicted octanol–water partition coefficient (Wildman–Crippen LogP) is 2.03. The minimum Gasteiger partial charge on any atom is -0.258 e. The summed E-state index contributed by atoms with van der Waals surface area (Å²) in [6.07, 6.45) is 1.65. The van der Waals surface area contributed by atoms with E-state index >= 15 is 0 Å². The first kappa shape index (κ1) is 13.3. The lowest BCUT2D eigenvalue weighted by Gasteiger charge is -2.16. The molecule has 0 unspecified atom stereocenters. The molecule has 1 saturated heterocycles. The van der Waals surface area contributed by atoms with Crippen molar-refractivity contribution in [1.29, 1.82) is 0 Å². The molecule has 0 N–H and O–H groups in total. The van der Waals surface area contributed by atoms with Gasteiger partial charge in [-0.15, -0.1) is 0 Å². The first-order chi connectivity index (χ1) is 8.43. The van der Waals surface area contributed by atoms with Crippen LogP contribution in [0.4, 0.5) is 5.69 Å². The highest BCUT2D eigenvalue weighted by Gasteiger charge is 2.29. The maximum absolute atomic E-state index is 12.2. The Labute approximate surface area is 109 Å². The van der Waals surface area contributed by atoms with Gasteiger partial charge in [0.1, 0.15) is 4.90 Å². The molecule has 0 radical (unpaired) electrons. The van der Waals surface area contributed by atoms with Crippen LogP contribution in [0.2, 0.25) is 5.02 Å². The smallest absolute Gasteiger partial charge is 0.258 e. The van der Waals surface area contributed by atoms with E-state index in [4.69, 9.17) is 11.6 Å². The third kappa shape index (κ3) is 2.33. The van der Waals surface area contributed by atoms with Crippen molar-refractivity contribution in [2.45, 2.75) is 17.7 Å². The molecule has 0 amide bonds. The summed E-state index contributed by atoms with van der Waals surface area (Å²) < 4.78 is 25.8. The summed E-state index contributed by atoms with van der Waals surface area (Å²) in [5.74, 6) is 0. The third-order valence-corrected chi connectivity index (χ3v) is 5.19. The molecule has 0 spiro atoms. The van der Waals surface area contributed by atoms with Gasteiger partial charge >= 0.3 is 0 Å². The molecule has 0 atom stereocenters. The fraction of sp³-hybridized carbons (Fsp3) is 0.400. The largest absolute Gasteiger partial charge is 0.271 e. The number of halogens is 1. The molecule has 0 aliphatic carbocycles. The van der Waals surface area contributed by atoms with Gasteiger partial charge in [0.05, 0.1) is 9.95 Å². The summed E-state index contributed by atoms with van der Waals surface area (Å²) in [5, 5.41) is 10.4. The number of rotatable bonds is 3. The average Bonchev–Trinajstić information content (AvgIpc) is 2.82. The van der Waals surface area contributed by atoms with Crippen LogP contribution >= 0.6 is 11.6 Å². The summed E-state index contributed by atoms with van der Waals surface area (Å²) in [6.45, 7) is 0.936. The van der Waals surface area contributed by atoms with Crippen LogP contribution in [-0.2, 0) is 10.0 Å². The molecule has 1 aliphatic heterocycles. The number of hydrogen-bond donors (Lipinski definition) is 0. The summed E-state index contributed by atoms with van der Waals surface area (Å²) in [5.41, 5.74) is -0.222. The monoisotopic (exact) mass is 290 g/mol. The molecule has 1 aliphatic rings. The van der Waals surface area contributed by atoms with Gasteiger partial charge in [0, 0.05) is 25.2 Å². The van der Waals surface area contributed by atoms with Crippen molar-refractivity contribution in [3.63, 3.8) is 0 Å². The molecule has 1 aromatic carbocycles. The van der Waals surface area contributed by atoms with Gasteiger partial charge in [-0.25, -0.2) is 8.42 Å². The van der Waals surface area contributed by atoms with Crippen LogP contribution in [0.15, 0.2) is 23.1 Å². The second-order valence-electron chi connectivity index (χ2n) is 3.98. The first-order valence-corrected chi connectivity index (χ1v) is 7.19. The van der Waals surface area contributed by atoms with E-state index in [1.165, 1.54) is 10.4 Å². The molecule has 1 fully saturated rings. The van der Waals surface area contributed by atoms with Gasteiger partial charge in [-0.2, -0.15) is 4.31 Å². The standard InChI is InChI=1S/C10H11ClN2O4S/c11-9-7-8(13(14)15)3-4-10(9)18(16,17)12-5-1-2-6-12/h3-4,7H,1-2,5-6H2. The van der Waals surface area contributed by atoms with Crippen LogP contribution in [-0.4, -0.2) is 30.7 Å². The molecule has 8 heteroatoms. The Hall–Kier alpha value is -1.18. The van der Waals surface area contributed by atoms with Crippen molar-refractivity contribution < 1.29 is 13.3 Å². The molecule has 6 nitrogen and oxygen atoms in total. The maximum atomic E-state index is 12.2. The number of hydrogen-bond acceptors (Lipinski definition) is 4. The Morgan fingerprint density at radius 3 is 2.39 bits per heavy atom. The van der Waals surface area contributed by atoms with Crippen LogP contribution in [0.25, 0.3) is 0 Å². The van der Waals surface area contributed by atoms with Crippen molar-refractivity contribution >= 4 is 27.3 Å². The normalized spacial score (nSPS) is 16.9. The van der Waals surface area contributed by atoms with E-state index in [0.29, 0.717) is 13.1 Å². The molecule has 1 aromatic rings. The molecular formula is C10H11ClN2O4S. The number of sulfonamides is 1. The molecular weight excluding hydrogens is 280 g/mol. The second-order valence-corrected chi connectivity index (χ2v) is 6.30. The number of non-ortho nitro benzene ring substituents is 1. The highest BCUT2D eigenvalue weighted by Crippen LogP contribution is 2.29. The fourth-order valence-electron chi connectivity index (χ4n) is 1.88. The Kier molecular flexibility index (Phi) is 3.56. The second kappa shape index (κ2) is 4.83. The van der Waals surface area contributed by atoms with Crippen molar-refractivity contribution in [3.05, 3.63) is 33.3 Å². The molecule has 2 rings (SSSR count). The van der Waals surface area contributed by atoms with Crippen LogP contribution in [0.5, 0.6) is 0 Å². The number of nitrogens with zero attached hydrogens (tertiary/aromatic N) is 2. The minimum atomic E-state index is -3.63. The van der Waals surface area contributed by atoms with Gasteiger partial charge in [-0.1, -0.05) is 11.6 Å². The zero-order valence-corrected chi connectivity index (χ0v) is 10.9. The van der Waals surface area contributed by atoms with Gasteiger partial charge in [0.25, 0.3) is 5.69 Å². The van der Waals surface area contributed by atoms with Gasteiger partial charge in [-0.3, -0.25) is 10.1 Å². The molecule has 1 heterocycles. The lowest BCUT2D eigenvalue weighted by atomic mass is 10.3. The molecule has 98 valence electrons. The highest BCUT2D eigenvalue weighted by molar-refractivity contribution is 7.89. The Morgan fingerprint density at radius 2 is 1.89 bits per heavy atom. The number of benzene rings is 1. The molecule has 0 bridgehead atoms. The summed E-state index contributed by atoms with van der Waals surface area (Å²) >= 11 is 5.83. The Bertz CT molecular complexity index is 582. The topological polar surface area (TPSA) is 80.5 Å². The highest BCUT2D eigenvalue weighted by atomic mass is 35.5. The molecule has 0 aromatic heterocycles. The Balaban J connectivity index is 2.42. The summed E-state index contributed by atoms with van der Waals surface area (Å²) in [7, 11) is -3.63. The quantitative estimate of drug-likeness (QED) is 0.630. The van der Waals surface area contributed by atoms with Crippen LogP contribution < -0.4 is 0 Å². The maximum Gasteiger partial charge on any atom is 0.271 e. The van der Waals surface area contributed by atoms with Gasteiger partial charge in [-0.05, 0) is 18.9 Å². The van der Waals surface area contributed by atoms with Gasteiger partial charge < -0.3 is 0 Å². The van der Waals surface area contributed by atoms with E-state index in [2.05, 4.69) is 0 Å². The zero-order chi connectivity index (χ0) is 13.3. The molecule has 0 saturated carbocycles. The van der Waals surface area contributed by atoms with Gasteiger partial charge in [0.15, 0.2) is 0 Å². The average molecular weight is 291 g/mol. The van der Waals surface area contributed by atoms with E-state index < -0.39 is 14.9 Å². The van der Waals surface area contributed by atoms with E-state index in [-0.39, 0.29) is 15.6 Å². The SMILES string of the molecule is O=[N+]([O-])c1ccc(S(=O)(=O)N2CCCC2)c(Cl)c1. The first-order valence-electron chi connectivity index (χ1n) is 5.37. The van der Waals surface area contributed by atoms with Crippen LogP contribution in [0.1, 0.15) is 12.8 Å². The lowest BCUT2D eigenvalue weighted by molar-refractivity contribution is -0.384. The summed E-state index contributed by atoms with van der Waals surface area (Å²) in [4.78, 5) is 9.87. The lowest BCUT2D eigenvalue weighted by Crippen LogP contribution is -2.28. The van der Waals surface area contributed by atoms with E-state index in [9.17, 15) is 18.5 Å². The fourth-order valence-corrected chi connectivity index (χ4v) is 3.91. The predicted molar refractivity (Wildman–Crippen MR) is 66.1 cm³/mol. The Morgan fingerprint density at radius 1 is 1.28 bits per heavy atom. The van der Waals surface area contributed by atoms with Crippen LogP contribution in [0, 0.1) is 10.1 Å². The van der Waals surface area contributed by atoms with Crippen molar-refractivity contribution in [2.75, 3.05) is 13.1 Å². The third-order valence-electron chi connectivity index (χ3n) is 2.81. The van der Waals surface area contributed by atoms with Crippen molar-refractivity contribution in [3.8, 4) is 0 Å². The van der Waals surface area contributed by atoms with Crippen molar-refractivity contribution in [1.82, 2.24) is 4.31 Å². The zero-order valence-electron chi connectivity index (χ0n) is 9.37. The number of nitro groups is 1. The number of nitro benzene ring substituents is 1. The molecule has 18 heavy (non-hydrogen) atoms. The van der Waals surface area contributed by atoms with Crippen molar-refractivity contribution in [2.24, 2.45) is 0 Å². The minimum absolute atomic E-state index is 0.0725.